The summed E-state index contributed by atoms with van der Waals surface area (Å²) in [5, 5.41) is 0.693. The van der Waals surface area contributed by atoms with Gasteiger partial charge in [-0.05, 0) is 85.4 Å². The van der Waals surface area contributed by atoms with Gasteiger partial charge in [0.15, 0.2) is 5.17 Å². The Balaban J connectivity index is 1.65. The zero-order valence-corrected chi connectivity index (χ0v) is 19.0. The Morgan fingerprint density at radius 3 is 2.50 bits per heavy atom. The van der Waals surface area contributed by atoms with Crippen LogP contribution in [0.25, 0.3) is 11.8 Å². The van der Waals surface area contributed by atoms with Gasteiger partial charge in [-0.15, -0.1) is 0 Å². The molecule has 0 saturated carbocycles. The van der Waals surface area contributed by atoms with E-state index in [-0.39, 0.29) is 5.91 Å². The van der Waals surface area contributed by atoms with Crippen molar-refractivity contribution in [2.24, 2.45) is 4.99 Å². The molecule has 2 aromatic carbocycles. The Labute approximate surface area is 188 Å². The molecule has 0 N–H and O–H groups in total. The number of benzene rings is 2. The molecule has 0 radical (unpaired) electrons. The lowest BCUT2D eigenvalue weighted by Crippen LogP contribution is -2.28. The van der Waals surface area contributed by atoms with Crippen LogP contribution in [0.5, 0.6) is 5.75 Å². The summed E-state index contributed by atoms with van der Waals surface area (Å²) in [6.45, 7) is 2.52. The van der Waals surface area contributed by atoms with Gasteiger partial charge in [0.2, 0.25) is 0 Å². The smallest absolute Gasteiger partial charge is 0.266 e. The minimum absolute atomic E-state index is 0.0270. The van der Waals surface area contributed by atoms with E-state index < -0.39 is 0 Å². The number of methoxy groups -OCH3 is 1. The van der Waals surface area contributed by atoms with Gasteiger partial charge in [-0.3, -0.25) is 9.69 Å². The Morgan fingerprint density at radius 2 is 1.83 bits per heavy atom. The molecule has 1 saturated heterocycles. The van der Waals surface area contributed by atoms with Crippen molar-refractivity contribution < 1.29 is 9.53 Å². The lowest BCUT2D eigenvalue weighted by atomic mass is 10.3. The molecule has 0 aliphatic carbocycles. The van der Waals surface area contributed by atoms with Crippen molar-refractivity contribution in [1.29, 1.82) is 0 Å². The Kier molecular flexibility index (Phi) is 6.11. The number of carbonyl (C=O) groups excluding carboxylic acids is 1. The summed E-state index contributed by atoms with van der Waals surface area (Å²) < 4.78 is 8.28. The minimum atomic E-state index is -0.0270. The first-order chi connectivity index (χ1) is 14.6. The van der Waals surface area contributed by atoms with Crippen molar-refractivity contribution in [2.75, 3.05) is 13.7 Å². The Hall–Kier alpha value is -2.77. The maximum atomic E-state index is 13.0. The molecule has 0 bridgehead atoms. The van der Waals surface area contributed by atoms with Crippen LogP contribution in [-0.2, 0) is 4.79 Å². The average molecular weight is 482 g/mol. The maximum absolute atomic E-state index is 13.0. The van der Waals surface area contributed by atoms with Crippen molar-refractivity contribution >= 4 is 50.5 Å². The molecule has 3 aromatic rings. The van der Waals surface area contributed by atoms with Crippen molar-refractivity contribution in [2.45, 2.75) is 6.92 Å². The quantitative estimate of drug-likeness (QED) is 0.428. The summed E-state index contributed by atoms with van der Waals surface area (Å²) in [6, 6.07) is 19.5. The number of amides is 1. The highest BCUT2D eigenvalue weighted by atomic mass is 79.9. The molecule has 152 valence electrons. The largest absolute Gasteiger partial charge is 0.497 e. The van der Waals surface area contributed by atoms with E-state index in [1.807, 2.05) is 84.4 Å². The van der Waals surface area contributed by atoms with Crippen LogP contribution in [0.15, 0.2) is 81.2 Å². The van der Waals surface area contributed by atoms with E-state index in [9.17, 15) is 4.79 Å². The molecule has 4 rings (SSSR count). The number of ether oxygens (including phenoxy) is 1. The van der Waals surface area contributed by atoms with Gasteiger partial charge in [0.05, 0.1) is 17.7 Å². The lowest BCUT2D eigenvalue weighted by molar-refractivity contribution is -0.122. The number of rotatable bonds is 5. The van der Waals surface area contributed by atoms with Crippen LogP contribution < -0.4 is 4.74 Å². The number of thioether (sulfide) groups is 1. The first kappa shape index (κ1) is 20.5. The number of amidine groups is 1. The van der Waals surface area contributed by atoms with Gasteiger partial charge < -0.3 is 9.30 Å². The molecule has 0 spiro atoms. The topological polar surface area (TPSA) is 46.8 Å². The highest BCUT2D eigenvalue weighted by molar-refractivity contribution is 9.10. The average Bonchev–Trinajstić information content (AvgIpc) is 3.34. The summed E-state index contributed by atoms with van der Waals surface area (Å²) in [5.74, 6) is 0.778. The fourth-order valence-electron chi connectivity index (χ4n) is 3.12. The second kappa shape index (κ2) is 8.93. The number of hydrogen-bond donors (Lipinski definition) is 0. The van der Waals surface area contributed by atoms with E-state index >= 15 is 0 Å². The van der Waals surface area contributed by atoms with Crippen molar-refractivity contribution in [3.63, 3.8) is 0 Å². The van der Waals surface area contributed by atoms with E-state index in [0.29, 0.717) is 16.6 Å². The van der Waals surface area contributed by atoms with Gasteiger partial charge in [0.25, 0.3) is 5.91 Å². The number of hydrogen-bond acceptors (Lipinski definition) is 4. The van der Waals surface area contributed by atoms with Crippen molar-refractivity contribution in [3.8, 4) is 11.4 Å². The van der Waals surface area contributed by atoms with Crippen LogP contribution in [0.3, 0.4) is 0 Å². The number of aliphatic imine (C=N–C) groups is 1. The fraction of sp³-hybridized carbons (Fsp3) is 0.130. The summed E-state index contributed by atoms with van der Waals surface area (Å²) in [4.78, 5) is 20.0. The van der Waals surface area contributed by atoms with Crippen LogP contribution in [0.1, 0.15) is 12.6 Å². The molecule has 30 heavy (non-hydrogen) atoms. The van der Waals surface area contributed by atoms with Gasteiger partial charge in [0, 0.05) is 28.6 Å². The van der Waals surface area contributed by atoms with Crippen LogP contribution in [0, 0.1) is 0 Å². The summed E-state index contributed by atoms with van der Waals surface area (Å²) in [7, 11) is 1.65. The van der Waals surface area contributed by atoms with Crippen LogP contribution >= 0.6 is 27.7 Å². The van der Waals surface area contributed by atoms with Gasteiger partial charge in [-0.2, -0.15) is 0 Å². The Bertz CT molecular complexity index is 1120. The SMILES string of the molecule is CCN1C(=O)/C(=C/c2cccn2-c2ccc(OC)cc2)SC1=Nc1ccc(Br)cc1. The van der Waals surface area contributed by atoms with E-state index in [1.165, 1.54) is 11.8 Å². The fourth-order valence-corrected chi connectivity index (χ4v) is 4.43. The first-order valence-corrected chi connectivity index (χ1v) is 11.1. The predicted molar refractivity (Wildman–Crippen MR) is 127 cm³/mol. The molecular formula is C23H20BrN3O2S. The molecule has 1 fully saturated rings. The van der Waals surface area contributed by atoms with Gasteiger partial charge >= 0.3 is 0 Å². The van der Waals surface area contributed by atoms with Crippen molar-refractivity contribution in [3.05, 3.63) is 81.9 Å². The summed E-state index contributed by atoms with van der Waals surface area (Å²) in [5.41, 5.74) is 2.74. The predicted octanol–water partition coefficient (Wildman–Crippen LogP) is 5.87. The standard InChI is InChI=1S/C23H20BrN3O2S/c1-3-26-22(28)21(30-23(26)25-17-8-6-16(24)7-9-17)15-19-5-4-14-27(19)18-10-12-20(29-2)13-11-18/h4-15H,3H2,1-2H3/b21-15-,25-23?. The molecule has 1 aromatic heterocycles. The number of nitrogens with zero attached hydrogens (tertiary/aromatic N) is 3. The molecule has 1 amide bonds. The van der Waals surface area contributed by atoms with Gasteiger partial charge in [-0.25, -0.2) is 4.99 Å². The summed E-state index contributed by atoms with van der Waals surface area (Å²) >= 11 is 4.83. The second-order valence-electron chi connectivity index (χ2n) is 6.53. The van der Waals surface area contributed by atoms with Crippen LogP contribution in [0.4, 0.5) is 5.69 Å². The third-order valence-electron chi connectivity index (χ3n) is 4.67. The zero-order chi connectivity index (χ0) is 21.1. The van der Waals surface area contributed by atoms with E-state index in [2.05, 4.69) is 20.9 Å². The number of likely N-dealkylation sites (N-methyl/N-ethyl adjacent to an activating group) is 1. The number of carbonyl (C=O) groups is 1. The molecule has 0 atom stereocenters. The highest BCUT2D eigenvalue weighted by Gasteiger charge is 2.32. The third kappa shape index (κ3) is 4.22. The Morgan fingerprint density at radius 1 is 1.10 bits per heavy atom. The molecule has 2 heterocycles. The molecule has 0 unspecified atom stereocenters. The first-order valence-electron chi connectivity index (χ1n) is 9.46. The van der Waals surface area contributed by atoms with Crippen LogP contribution in [-0.4, -0.2) is 34.2 Å². The normalized spacial score (nSPS) is 16.6. The molecule has 1 aliphatic rings. The molecule has 1 aliphatic heterocycles. The third-order valence-corrected chi connectivity index (χ3v) is 6.20. The molecule has 7 heteroatoms. The molecular weight excluding hydrogens is 462 g/mol. The lowest BCUT2D eigenvalue weighted by Gasteiger charge is -2.12. The second-order valence-corrected chi connectivity index (χ2v) is 8.46. The number of halogens is 1. The monoisotopic (exact) mass is 481 g/mol. The maximum Gasteiger partial charge on any atom is 0.266 e. The zero-order valence-electron chi connectivity index (χ0n) is 16.6. The van der Waals surface area contributed by atoms with Crippen LogP contribution in [0.2, 0.25) is 0 Å². The molecule has 5 nitrogen and oxygen atoms in total. The van der Waals surface area contributed by atoms with E-state index in [4.69, 9.17) is 4.74 Å². The van der Waals surface area contributed by atoms with Gasteiger partial charge in [-0.1, -0.05) is 15.9 Å². The number of aromatic nitrogens is 1. The van der Waals surface area contributed by atoms with E-state index in [0.717, 1.165) is 27.3 Å². The van der Waals surface area contributed by atoms with E-state index in [1.54, 1.807) is 12.0 Å². The summed E-state index contributed by atoms with van der Waals surface area (Å²) in [6.07, 6.45) is 3.90. The van der Waals surface area contributed by atoms with Gasteiger partial charge in [0.1, 0.15) is 5.75 Å². The minimum Gasteiger partial charge on any atom is -0.497 e. The highest BCUT2D eigenvalue weighted by Crippen LogP contribution is 2.34. The van der Waals surface area contributed by atoms with Crippen molar-refractivity contribution in [1.82, 2.24) is 9.47 Å².